The molecule has 1 aromatic rings. The Kier molecular flexibility index (Phi) is 2.67. The predicted octanol–water partition coefficient (Wildman–Crippen LogP) is 3.04. The Hall–Kier alpha value is -1.44. The summed E-state index contributed by atoms with van der Waals surface area (Å²) in [6.45, 7) is 5.36. The highest BCUT2D eigenvalue weighted by Gasteiger charge is 2.13. The number of ether oxygens (including phenoxy) is 1. The van der Waals surface area contributed by atoms with E-state index in [9.17, 15) is 0 Å². The molecule has 0 bridgehead atoms. The number of nitrogens with zero attached hydrogens (tertiary/aromatic N) is 1. The Morgan fingerprint density at radius 3 is 2.33 bits per heavy atom. The number of anilines is 1. The zero-order valence-corrected chi connectivity index (χ0v) is 9.58. The first kappa shape index (κ1) is 10.1. The van der Waals surface area contributed by atoms with Gasteiger partial charge in [0.25, 0.3) is 0 Å². The summed E-state index contributed by atoms with van der Waals surface area (Å²) in [6.07, 6.45) is 5.52. The molecule has 0 aromatic heterocycles. The molecule has 2 rings (SSSR count). The third-order valence-corrected chi connectivity index (χ3v) is 2.81. The Morgan fingerprint density at radius 2 is 1.87 bits per heavy atom. The van der Waals surface area contributed by atoms with Crippen molar-refractivity contribution < 1.29 is 4.74 Å². The lowest BCUT2D eigenvalue weighted by Gasteiger charge is -2.21. The van der Waals surface area contributed by atoms with Gasteiger partial charge in [0.15, 0.2) is 0 Å². The highest BCUT2D eigenvalue weighted by Crippen LogP contribution is 2.31. The maximum Gasteiger partial charge on any atom is 0.119 e. The molecule has 0 saturated heterocycles. The quantitative estimate of drug-likeness (QED) is 0.732. The number of rotatable bonds is 2. The molecule has 0 N–H and O–H groups in total. The third kappa shape index (κ3) is 1.84. The first-order valence-electron chi connectivity index (χ1n) is 5.31. The van der Waals surface area contributed by atoms with Crippen LogP contribution in [0.25, 0.3) is 0 Å². The maximum atomic E-state index is 5.26. The molecule has 0 radical (unpaired) electrons. The zero-order chi connectivity index (χ0) is 10.8. The highest BCUT2D eigenvalue weighted by molar-refractivity contribution is 5.63. The van der Waals surface area contributed by atoms with E-state index in [2.05, 4.69) is 43.2 Å². The van der Waals surface area contributed by atoms with Gasteiger partial charge in [-0.15, -0.1) is 0 Å². The van der Waals surface area contributed by atoms with Crippen LogP contribution in [0.15, 0.2) is 24.4 Å². The fourth-order valence-electron chi connectivity index (χ4n) is 2.16. The van der Waals surface area contributed by atoms with Gasteiger partial charge < -0.3 is 9.64 Å². The second kappa shape index (κ2) is 3.97. The molecule has 0 fully saturated rings. The summed E-state index contributed by atoms with van der Waals surface area (Å²) < 4.78 is 5.26. The smallest absolute Gasteiger partial charge is 0.119 e. The van der Waals surface area contributed by atoms with Crippen LogP contribution in [-0.4, -0.2) is 13.7 Å². The summed E-state index contributed by atoms with van der Waals surface area (Å²) in [6, 6.07) is 4.18. The summed E-state index contributed by atoms with van der Waals surface area (Å²) in [5.74, 6) is 0.942. The Balaban J connectivity index is 2.42. The molecule has 0 unspecified atom stereocenters. The summed E-state index contributed by atoms with van der Waals surface area (Å²) in [7, 11) is 1.71. The lowest BCUT2D eigenvalue weighted by atomic mass is 10.1. The predicted molar refractivity (Wildman–Crippen MR) is 63.6 cm³/mol. The molecule has 1 aliphatic heterocycles. The van der Waals surface area contributed by atoms with Crippen LogP contribution in [0.4, 0.5) is 5.69 Å². The zero-order valence-electron chi connectivity index (χ0n) is 9.58. The molecule has 0 amide bonds. The van der Waals surface area contributed by atoms with E-state index >= 15 is 0 Å². The third-order valence-electron chi connectivity index (χ3n) is 2.81. The number of methoxy groups -OCH3 is 1. The van der Waals surface area contributed by atoms with Crippen LogP contribution in [0.2, 0.25) is 0 Å². The van der Waals surface area contributed by atoms with Crippen LogP contribution in [0.1, 0.15) is 17.5 Å². The minimum Gasteiger partial charge on any atom is -0.497 e. The van der Waals surface area contributed by atoms with E-state index in [0.29, 0.717) is 0 Å². The van der Waals surface area contributed by atoms with Crippen LogP contribution in [0.5, 0.6) is 5.75 Å². The lowest BCUT2D eigenvalue weighted by molar-refractivity contribution is 0.414. The van der Waals surface area contributed by atoms with E-state index in [1.54, 1.807) is 7.11 Å². The molecular formula is C13H17NO. The van der Waals surface area contributed by atoms with Crippen LogP contribution >= 0.6 is 0 Å². The Labute approximate surface area is 91.2 Å². The average molecular weight is 203 g/mol. The first-order valence-corrected chi connectivity index (χ1v) is 5.31. The van der Waals surface area contributed by atoms with Gasteiger partial charge in [0.05, 0.1) is 7.11 Å². The van der Waals surface area contributed by atoms with Crippen molar-refractivity contribution in [3.63, 3.8) is 0 Å². The van der Waals surface area contributed by atoms with Gasteiger partial charge in [-0.2, -0.15) is 0 Å². The van der Waals surface area contributed by atoms with Gasteiger partial charge in [-0.05, 0) is 43.5 Å². The van der Waals surface area contributed by atoms with E-state index in [1.165, 1.54) is 16.8 Å². The van der Waals surface area contributed by atoms with Crippen LogP contribution in [0.3, 0.4) is 0 Å². The van der Waals surface area contributed by atoms with E-state index in [1.807, 2.05) is 0 Å². The van der Waals surface area contributed by atoms with Crippen molar-refractivity contribution in [3.8, 4) is 5.75 Å². The van der Waals surface area contributed by atoms with Gasteiger partial charge in [-0.1, -0.05) is 6.08 Å². The van der Waals surface area contributed by atoms with Gasteiger partial charge in [0.2, 0.25) is 0 Å². The van der Waals surface area contributed by atoms with E-state index < -0.39 is 0 Å². The van der Waals surface area contributed by atoms with Crippen molar-refractivity contribution in [2.75, 3.05) is 18.6 Å². The maximum absolute atomic E-state index is 5.26. The molecule has 0 atom stereocenters. The Bertz CT molecular complexity index is 373. The fraction of sp³-hybridized carbons (Fsp3) is 0.385. The van der Waals surface area contributed by atoms with Crippen LogP contribution in [-0.2, 0) is 0 Å². The largest absolute Gasteiger partial charge is 0.497 e. The number of benzene rings is 1. The summed E-state index contributed by atoms with van der Waals surface area (Å²) in [5.41, 5.74) is 3.88. The number of hydrogen-bond acceptors (Lipinski definition) is 2. The van der Waals surface area contributed by atoms with Crippen molar-refractivity contribution in [1.29, 1.82) is 0 Å². The molecular weight excluding hydrogens is 186 g/mol. The number of aryl methyl sites for hydroxylation is 2. The lowest BCUT2D eigenvalue weighted by Crippen LogP contribution is -2.14. The van der Waals surface area contributed by atoms with Gasteiger partial charge in [-0.25, -0.2) is 0 Å². The molecule has 15 heavy (non-hydrogen) atoms. The molecule has 80 valence electrons. The molecule has 2 nitrogen and oxygen atoms in total. The van der Waals surface area contributed by atoms with Crippen molar-refractivity contribution in [2.45, 2.75) is 20.3 Å². The minimum absolute atomic E-state index is 0.942. The normalized spacial score (nSPS) is 14.7. The van der Waals surface area contributed by atoms with E-state index in [4.69, 9.17) is 4.74 Å². The van der Waals surface area contributed by atoms with Gasteiger partial charge in [0.1, 0.15) is 5.75 Å². The molecule has 1 aromatic carbocycles. The van der Waals surface area contributed by atoms with Gasteiger partial charge in [0, 0.05) is 18.4 Å². The fourth-order valence-corrected chi connectivity index (χ4v) is 2.16. The standard InChI is InChI=1S/C13H17NO/c1-10-8-12(15-3)9-11(2)13(10)14-6-4-5-7-14/h4,6,8-9H,5,7H2,1-3H3. The first-order chi connectivity index (χ1) is 7.22. The van der Waals surface area contributed by atoms with Crippen LogP contribution < -0.4 is 9.64 Å². The molecule has 1 aliphatic rings. The van der Waals surface area contributed by atoms with Crippen molar-refractivity contribution in [2.24, 2.45) is 0 Å². The second-order valence-electron chi connectivity index (χ2n) is 3.98. The van der Waals surface area contributed by atoms with Gasteiger partial charge >= 0.3 is 0 Å². The van der Waals surface area contributed by atoms with E-state index in [0.717, 1.165) is 18.7 Å². The van der Waals surface area contributed by atoms with Gasteiger partial charge in [-0.3, -0.25) is 0 Å². The van der Waals surface area contributed by atoms with Crippen molar-refractivity contribution >= 4 is 5.69 Å². The topological polar surface area (TPSA) is 12.5 Å². The molecule has 2 heteroatoms. The minimum atomic E-state index is 0.942. The van der Waals surface area contributed by atoms with Crippen LogP contribution in [0, 0.1) is 13.8 Å². The number of hydrogen-bond donors (Lipinski definition) is 0. The molecule has 0 spiro atoms. The Morgan fingerprint density at radius 1 is 1.20 bits per heavy atom. The molecule has 0 aliphatic carbocycles. The SMILES string of the molecule is COc1cc(C)c(N2C=CCC2)c(C)c1. The summed E-state index contributed by atoms with van der Waals surface area (Å²) in [5, 5.41) is 0. The van der Waals surface area contributed by atoms with Crippen molar-refractivity contribution in [3.05, 3.63) is 35.5 Å². The molecule has 1 heterocycles. The monoisotopic (exact) mass is 203 g/mol. The van der Waals surface area contributed by atoms with Crippen molar-refractivity contribution in [1.82, 2.24) is 0 Å². The summed E-state index contributed by atoms with van der Waals surface area (Å²) >= 11 is 0. The second-order valence-corrected chi connectivity index (χ2v) is 3.98. The summed E-state index contributed by atoms with van der Waals surface area (Å²) in [4.78, 5) is 2.31. The van der Waals surface area contributed by atoms with E-state index in [-0.39, 0.29) is 0 Å². The molecule has 0 saturated carbocycles. The highest BCUT2D eigenvalue weighted by atomic mass is 16.5. The average Bonchev–Trinajstić information content (AvgIpc) is 2.69.